The number of likely N-dealkylation sites (tertiary alicyclic amines) is 1. The molecule has 2 aromatic rings. The number of likely N-dealkylation sites (N-methyl/N-ethyl adjacent to an activating group) is 2. The van der Waals surface area contributed by atoms with Crippen molar-refractivity contribution in [1.29, 1.82) is 0 Å². The van der Waals surface area contributed by atoms with Crippen LogP contribution in [0.4, 0.5) is 0 Å². The second-order valence-corrected chi connectivity index (χ2v) is 17.6. The third-order valence-corrected chi connectivity index (χ3v) is 13.0. The Balaban J connectivity index is 1.86. The van der Waals surface area contributed by atoms with Crippen molar-refractivity contribution in [2.45, 2.75) is 121 Å². The lowest BCUT2D eigenvalue weighted by Gasteiger charge is -2.41. The van der Waals surface area contributed by atoms with Crippen LogP contribution in [0.1, 0.15) is 79.7 Å². The molecule has 3 N–H and O–H groups in total. The van der Waals surface area contributed by atoms with E-state index in [-0.39, 0.29) is 64.8 Å². The molecule has 11 nitrogen and oxygen atoms in total. The zero-order valence-corrected chi connectivity index (χ0v) is 36.5. The van der Waals surface area contributed by atoms with E-state index in [0.717, 1.165) is 18.4 Å². The number of para-hydroxylation sites is 1. The highest BCUT2D eigenvalue weighted by Crippen LogP contribution is 2.40. The summed E-state index contributed by atoms with van der Waals surface area (Å²) in [4.78, 5) is 62.1. The monoisotopic (exact) mass is 795 g/mol. The maximum absolute atomic E-state index is 14.5. The van der Waals surface area contributed by atoms with Gasteiger partial charge in [-0.15, -0.1) is 11.8 Å². The van der Waals surface area contributed by atoms with Gasteiger partial charge in [-0.25, -0.2) is 0 Å². The van der Waals surface area contributed by atoms with Crippen LogP contribution in [0.2, 0.25) is 0 Å². The van der Waals surface area contributed by atoms with E-state index in [2.05, 4.69) is 24.5 Å². The molecule has 4 amide bonds. The molecule has 0 radical (unpaired) electrons. The van der Waals surface area contributed by atoms with Gasteiger partial charge in [0.15, 0.2) is 0 Å². The lowest BCUT2D eigenvalue weighted by molar-refractivity contribution is -0.146. The van der Waals surface area contributed by atoms with E-state index in [1.807, 2.05) is 101 Å². The number of benzene rings is 2. The minimum absolute atomic E-state index is 0.0197. The van der Waals surface area contributed by atoms with Gasteiger partial charge in [0.05, 0.1) is 24.6 Å². The predicted octanol–water partition coefficient (Wildman–Crippen LogP) is 5.84. The number of hydrogen-bond donors (Lipinski definition) is 3. The number of phenols is 1. The van der Waals surface area contributed by atoms with Crippen LogP contribution >= 0.6 is 11.8 Å². The average Bonchev–Trinajstić information content (AvgIpc) is 3.65. The molecule has 1 aliphatic heterocycles. The quantitative estimate of drug-likeness (QED) is 0.134. The Morgan fingerprint density at radius 1 is 0.929 bits per heavy atom. The van der Waals surface area contributed by atoms with Gasteiger partial charge in [-0.05, 0) is 68.8 Å². The summed E-state index contributed by atoms with van der Waals surface area (Å²) in [7, 11) is 7.06. The van der Waals surface area contributed by atoms with Crippen LogP contribution < -0.4 is 10.6 Å². The summed E-state index contributed by atoms with van der Waals surface area (Å²) in [5.41, 5.74) is 1.14. The molecule has 312 valence electrons. The van der Waals surface area contributed by atoms with E-state index in [1.54, 1.807) is 31.2 Å². The van der Waals surface area contributed by atoms with E-state index in [1.165, 1.54) is 11.8 Å². The Morgan fingerprint density at radius 2 is 1.57 bits per heavy atom. The fourth-order valence-corrected chi connectivity index (χ4v) is 9.48. The summed E-state index contributed by atoms with van der Waals surface area (Å²) in [5, 5.41) is 16.6. The average molecular weight is 796 g/mol. The Hall–Kier alpha value is -3.61. The van der Waals surface area contributed by atoms with Crippen LogP contribution in [-0.2, 0) is 30.3 Å². The van der Waals surface area contributed by atoms with Gasteiger partial charge in [0.25, 0.3) is 0 Å². The van der Waals surface area contributed by atoms with Crippen LogP contribution in [0, 0.1) is 23.7 Å². The number of thioether (sulfide) groups is 1. The molecule has 0 bridgehead atoms. The third-order valence-electron chi connectivity index (χ3n) is 11.4. The number of phenolic OH excluding ortho intramolecular Hbond substituents is 1. The number of ether oxygens (including phenoxy) is 1. The highest BCUT2D eigenvalue weighted by Gasteiger charge is 2.43. The van der Waals surface area contributed by atoms with Gasteiger partial charge in [-0.1, -0.05) is 97.4 Å². The Morgan fingerprint density at radius 3 is 2.14 bits per heavy atom. The predicted molar refractivity (Wildman–Crippen MR) is 225 cm³/mol. The largest absolute Gasteiger partial charge is 0.507 e. The van der Waals surface area contributed by atoms with Crippen molar-refractivity contribution in [2.24, 2.45) is 23.7 Å². The zero-order valence-electron chi connectivity index (χ0n) is 35.7. The van der Waals surface area contributed by atoms with Gasteiger partial charge >= 0.3 is 0 Å². The van der Waals surface area contributed by atoms with Crippen molar-refractivity contribution in [3.63, 3.8) is 0 Å². The van der Waals surface area contributed by atoms with Crippen molar-refractivity contribution < 1.29 is 29.0 Å². The molecule has 8 atom stereocenters. The number of carbonyl (C=O) groups is 4. The number of nitrogens with zero attached hydrogens (tertiary/aromatic N) is 3. The van der Waals surface area contributed by atoms with Crippen LogP contribution in [0.3, 0.4) is 0 Å². The first-order valence-corrected chi connectivity index (χ1v) is 21.2. The maximum Gasteiger partial charge on any atom is 0.245 e. The SMILES string of the molecule is CCC(C)C(C(CC(=O)N1CCCC1C(Sc1ccccc1O)C(C)C(=O)NCCc1ccccc1)OC)N(C)C(=O)C(NC(=O)C(C(C)C)N(C)C)C(C)C. The number of rotatable bonds is 21. The molecule has 1 aliphatic rings. The summed E-state index contributed by atoms with van der Waals surface area (Å²) in [6.07, 6.45) is 2.36. The highest BCUT2D eigenvalue weighted by atomic mass is 32.2. The second kappa shape index (κ2) is 22.4. The highest BCUT2D eigenvalue weighted by molar-refractivity contribution is 8.00. The number of amides is 4. The lowest BCUT2D eigenvalue weighted by Crippen LogP contribution is -2.59. The molecule has 3 rings (SSSR count). The van der Waals surface area contributed by atoms with E-state index in [0.29, 0.717) is 30.8 Å². The van der Waals surface area contributed by atoms with Gasteiger partial charge in [0.2, 0.25) is 23.6 Å². The van der Waals surface area contributed by atoms with Gasteiger partial charge in [-0.3, -0.25) is 24.1 Å². The van der Waals surface area contributed by atoms with Crippen molar-refractivity contribution in [1.82, 2.24) is 25.3 Å². The smallest absolute Gasteiger partial charge is 0.245 e. The molecule has 0 aromatic heterocycles. The second-order valence-electron chi connectivity index (χ2n) is 16.3. The number of nitrogens with one attached hydrogen (secondary N) is 2. The summed E-state index contributed by atoms with van der Waals surface area (Å²) in [6.45, 7) is 14.9. The standard InChI is InChI=1S/C44H69N5O6S/c1-12-30(6)40(48(10)44(54)38(28(2)3)46-43(53)39(29(4)5)47(8)9)35(55-11)27-37(51)49-26-18-21-33(49)41(56-36-23-17-16-22-34(36)50)31(7)42(52)45-25-24-32-19-14-13-15-20-32/h13-17,19-20,22-23,28-31,33,35,38-41,50H,12,18,21,24-27H2,1-11H3,(H,45,52)(H,46,53). The molecular weight excluding hydrogens is 727 g/mol. The first kappa shape index (κ1) is 46.8. The fraction of sp³-hybridized carbons (Fsp3) is 0.636. The van der Waals surface area contributed by atoms with Crippen molar-refractivity contribution in [3.05, 3.63) is 60.2 Å². The number of carbonyl (C=O) groups excluding carboxylic acids is 4. The van der Waals surface area contributed by atoms with Crippen molar-refractivity contribution in [2.75, 3.05) is 41.3 Å². The molecule has 0 aliphatic carbocycles. The van der Waals surface area contributed by atoms with Gasteiger partial charge in [-0.2, -0.15) is 0 Å². The topological polar surface area (TPSA) is 132 Å². The van der Waals surface area contributed by atoms with Crippen molar-refractivity contribution >= 4 is 35.4 Å². The molecule has 8 unspecified atom stereocenters. The minimum Gasteiger partial charge on any atom is -0.507 e. The lowest BCUT2D eigenvalue weighted by atomic mass is 9.89. The first-order chi connectivity index (χ1) is 26.5. The minimum atomic E-state index is -0.760. The van der Waals surface area contributed by atoms with E-state index >= 15 is 0 Å². The normalized spacial score (nSPS) is 18.2. The van der Waals surface area contributed by atoms with Gasteiger partial charge < -0.3 is 30.3 Å². The molecule has 12 heteroatoms. The van der Waals surface area contributed by atoms with Gasteiger partial charge in [0.1, 0.15) is 11.8 Å². The van der Waals surface area contributed by atoms with Crippen LogP contribution in [0.15, 0.2) is 59.5 Å². The van der Waals surface area contributed by atoms with Gasteiger partial charge in [0, 0.05) is 49.4 Å². The molecule has 1 saturated heterocycles. The Bertz CT molecular complexity index is 1550. The van der Waals surface area contributed by atoms with E-state index in [9.17, 15) is 24.3 Å². The molecule has 0 spiro atoms. The van der Waals surface area contributed by atoms with Crippen LogP contribution in [0.25, 0.3) is 0 Å². The molecule has 0 saturated carbocycles. The molecule has 56 heavy (non-hydrogen) atoms. The van der Waals surface area contributed by atoms with Crippen LogP contribution in [-0.4, -0.2) is 120 Å². The molecule has 2 aromatic carbocycles. The number of hydrogen-bond acceptors (Lipinski definition) is 8. The summed E-state index contributed by atoms with van der Waals surface area (Å²) >= 11 is 1.44. The van der Waals surface area contributed by atoms with Crippen LogP contribution in [0.5, 0.6) is 5.75 Å². The number of aromatic hydroxyl groups is 1. The van der Waals surface area contributed by atoms with E-state index in [4.69, 9.17) is 4.74 Å². The Kier molecular flexibility index (Phi) is 18.7. The molecule has 1 fully saturated rings. The summed E-state index contributed by atoms with van der Waals surface area (Å²) in [5.74, 6) is -1.11. The summed E-state index contributed by atoms with van der Waals surface area (Å²) in [6, 6.07) is 15.2. The Labute approximate surface area is 340 Å². The number of methoxy groups -OCH3 is 1. The first-order valence-electron chi connectivity index (χ1n) is 20.4. The zero-order chi connectivity index (χ0) is 41.7. The fourth-order valence-electron chi connectivity index (χ4n) is 8.07. The van der Waals surface area contributed by atoms with E-state index < -0.39 is 30.1 Å². The maximum atomic E-state index is 14.5. The molecule has 1 heterocycles. The van der Waals surface area contributed by atoms with Crippen molar-refractivity contribution in [3.8, 4) is 5.75 Å². The third kappa shape index (κ3) is 12.4. The summed E-state index contributed by atoms with van der Waals surface area (Å²) < 4.78 is 6.10. The molecular formula is C44H69N5O6S.